The molecule has 0 bridgehead atoms. The third-order valence-electron chi connectivity index (χ3n) is 4.03. The summed E-state index contributed by atoms with van der Waals surface area (Å²) in [6.45, 7) is 0.576. The van der Waals surface area contributed by atoms with Crippen LogP contribution in [0.2, 0.25) is 5.02 Å². The molecule has 1 aromatic heterocycles. The number of halogens is 1. The molecule has 0 unspecified atom stereocenters. The average Bonchev–Trinajstić information content (AvgIpc) is 3.18. The van der Waals surface area contributed by atoms with E-state index in [1.54, 1.807) is 18.4 Å². The van der Waals surface area contributed by atoms with Gasteiger partial charge in [0.15, 0.2) is 0 Å². The molecule has 0 fully saturated rings. The number of benzene rings is 2. The minimum atomic E-state index is -0.119. The molecule has 0 aliphatic rings. The van der Waals surface area contributed by atoms with Crippen LogP contribution in [0.3, 0.4) is 0 Å². The number of aryl methyl sites for hydroxylation is 1. The molecule has 1 heterocycles. The molecule has 4 heteroatoms. The van der Waals surface area contributed by atoms with Crippen LogP contribution >= 0.6 is 11.6 Å². The summed E-state index contributed by atoms with van der Waals surface area (Å²) in [5.74, 6) is 0.529. The topological polar surface area (TPSA) is 42.2 Å². The predicted molar refractivity (Wildman–Crippen MR) is 106 cm³/mol. The summed E-state index contributed by atoms with van der Waals surface area (Å²) in [6, 6.07) is 21.0. The van der Waals surface area contributed by atoms with E-state index in [2.05, 4.69) is 5.32 Å². The highest BCUT2D eigenvalue weighted by Gasteiger charge is 2.12. The van der Waals surface area contributed by atoms with E-state index < -0.39 is 0 Å². The quantitative estimate of drug-likeness (QED) is 0.460. The molecule has 0 spiro atoms. The van der Waals surface area contributed by atoms with Crippen LogP contribution in [0.1, 0.15) is 23.3 Å². The summed E-state index contributed by atoms with van der Waals surface area (Å²) in [4.78, 5) is 12.7. The van der Waals surface area contributed by atoms with Gasteiger partial charge in [-0.05, 0) is 48.2 Å². The predicted octanol–water partition coefficient (Wildman–Crippen LogP) is 5.22. The fourth-order valence-corrected chi connectivity index (χ4v) is 2.92. The normalized spacial score (nSPS) is 11.3. The van der Waals surface area contributed by atoms with E-state index in [1.165, 1.54) is 0 Å². The van der Waals surface area contributed by atoms with E-state index in [0.29, 0.717) is 17.9 Å². The highest BCUT2D eigenvalue weighted by molar-refractivity contribution is 6.31. The summed E-state index contributed by atoms with van der Waals surface area (Å²) in [5.41, 5.74) is 2.53. The van der Waals surface area contributed by atoms with Gasteiger partial charge in [-0.1, -0.05) is 60.1 Å². The van der Waals surface area contributed by atoms with E-state index >= 15 is 0 Å². The van der Waals surface area contributed by atoms with Gasteiger partial charge in [-0.2, -0.15) is 0 Å². The van der Waals surface area contributed by atoms with Crippen molar-refractivity contribution in [1.29, 1.82) is 0 Å². The molecule has 132 valence electrons. The van der Waals surface area contributed by atoms with Crippen LogP contribution in [-0.4, -0.2) is 12.5 Å². The lowest BCUT2D eigenvalue weighted by molar-refractivity contribution is -0.115. The molecule has 0 radical (unpaired) electrons. The molecule has 0 atom stereocenters. The number of rotatable bonds is 7. The third kappa shape index (κ3) is 4.87. The maximum atomic E-state index is 12.7. The Morgan fingerprint density at radius 2 is 1.77 bits per heavy atom. The number of nitrogens with one attached hydrogen (secondary N) is 1. The molecule has 3 aromatic rings. The van der Waals surface area contributed by atoms with Gasteiger partial charge >= 0.3 is 0 Å². The van der Waals surface area contributed by atoms with Gasteiger partial charge in [-0.3, -0.25) is 4.79 Å². The monoisotopic (exact) mass is 365 g/mol. The molecule has 0 aliphatic heterocycles. The fourth-order valence-electron chi connectivity index (χ4n) is 2.69. The average molecular weight is 366 g/mol. The molecule has 3 rings (SSSR count). The van der Waals surface area contributed by atoms with Crippen molar-refractivity contribution >= 4 is 29.2 Å². The molecular weight excluding hydrogens is 346 g/mol. The Bertz CT molecular complexity index is 870. The fraction of sp³-hybridized carbons (Fsp3) is 0.136. The molecular formula is C22H20ClNO2. The van der Waals surface area contributed by atoms with E-state index in [4.69, 9.17) is 16.0 Å². The largest absolute Gasteiger partial charge is 0.465 e. The first-order chi connectivity index (χ1) is 12.7. The van der Waals surface area contributed by atoms with Gasteiger partial charge < -0.3 is 9.73 Å². The van der Waals surface area contributed by atoms with E-state index in [1.807, 2.05) is 60.7 Å². The first-order valence-corrected chi connectivity index (χ1v) is 8.94. The van der Waals surface area contributed by atoms with Crippen molar-refractivity contribution in [2.75, 3.05) is 6.54 Å². The van der Waals surface area contributed by atoms with Crippen molar-refractivity contribution in [1.82, 2.24) is 5.32 Å². The van der Waals surface area contributed by atoms with Crippen LogP contribution < -0.4 is 5.32 Å². The van der Waals surface area contributed by atoms with E-state index in [-0.39, 0.29) is 5.91 Å². The van der Waals surface area contributed by atoms with Crippen molar-refractivity contribution in [2.24, 2.45) is 0 Å². The van der Waals surface area contributed by atoms with Gasteiger partial charge in [0.05, 0.1) is 11.8 Å². The first-order valence-electron chi connectivity index (χ1n) is 8.56. The molecule has 1 amide bonds. The van der Waals surface area contributed by atoms with Gasteiger partial charge in [-0.15, -0.1) is 0 Å². The van der Waals surface area contributed by atoms with Gasteiger partial charge in [-0.25, -0.2) is 0 Å². The molecule has 1 N–H and O–H groups in total. The minimum Gasteiger partial charge on any atom is -0.465 e. The molecule has 3 nitrogen and oxygen atoms in total. The lowest BCUT2D eigenvalue weighted by Gasteiger charge is -2.10. The van der Waals surface area contributed by atoms with Crippen molar-refractivity contribution < 1.29 is 9.21 Å². The summed E-state index contributed by atoms with van der Waals surface area (Å²) < 4.78 is 5.36. The second-order valence-electron chi connectivity index (χ2n) is 5.89. The number of amides is 1. The zero-order valence-electron chi connectivity index (χ0n) is 14.3. The second kappa shape index (κ2) is 9.07. The van der Waals surface area contributed by atoms with Gasteiger partial charge in [0.1, 0.15) is 5.76 Å². The van der Waals surface area contributed by atoms with Crippen molar-refractivity contribution in [3.8, 4) is 0 Å². The number of hydrogen-bond donors (Lipinski definition) is 1. The lowest BCUT2D eigenvalue weighted by atomic mass is 10.0. The van der Waals surface area contributed by atoms with Crippen LogP contribution in [-0.2, 0) is 11.2 Å². The highest BCUT2D eigenvalue weighted by Crippen LogP contribution is 2.19. The molecule has 0 saturated carbocycles. The smallest absolute Gasteiger partial charge is 0.252 e. The Labute approximate surface area is 158 Å². The van der Waals surface area contributed by atoms with Crippen LogP contribution in [0.15, 0.2) is 77.4 Å². The summed E-state index contributed by atoms with van der Waals surface area (Å²) >= 11 is 6.17. The van der Waals surface area contributed by atoms with Crippen molar-refractivity contribution in [2.45, 2.75) is 12.8 Å². The number of carbonyl (C=O) groups is 1. The van der Waals surface area contributed by atoms with E-state index in [9.17, 15) is 4.79 Å². The van der Waals surface area contributed by atoms with E-state index in [0.717, 1.165) is 29.0 Å². The Morgan fingerprint density at radius 1 is 1.00 bits per heavy atom. The molecule has 26 heavy (non-hydrogen) atoms. The number of hydrogen-bond acceptors (Lipinski definition) is 2. The van der Waals surface area contributed by atoms with Crippen LogP contribution in [0.5, 0.6) is 0 Å². The number of furan rings is 1. The lowest BCUT2D eigenvalue weighted by Crippen LogP contribution is -2.25. The Morgan fingerprint density at radius 3 is 2.50 bits per heavy atom. The second-order valence-corrected chi connectivity index (χ2v) is 6.30. The van der Waals surface area contributed by atoms with Gasteiger partial charge in [0.25, 0.3) is 5.91 Å². The SMILES string of the molecule is O=C(NCCCc1ccccc1Cl)/C(=C/c1ccco1)c1ccccc1. The zero-order chi connectivity index (χ0) is 18.2. The first kappa shape index (κ1) is 18.0. The maximum absolute atomic E-state index is 12.7. The highest BCUT2D eigenvalue weighted by atomic mass is 35.5. The summed E-state index contributed by atoms with van der Waals surface area (Å²) in [7, 11) is 0. The molecule has 0 aliphatic carbocycles. The van der Waals surface area contributed by atoms with Gasteiger partial charge in [0.2, 0.25) is 0 Å². The Balaban J connectivity index is 1.64. The summed E-state index contributed by atoms with van der Waals surface area (Å²) in [5, 5.41) is 3.76. The standard InChI is InChI=1S/C22H20ClNO2/c23-21-13-5-4-10-18(21)11-6-14-24-22(25)20(16-19-12-7-15-26-19)17-8-2-1-3-9-17/h1-5,7-10,12-13,15-16H,6,11,14H2,(H,24,25)/b20-16+. The Hall–Kier alpha value is -2.78. The number of carbonyl (C=O) groups excluding carboxylic acids is 1. The minimum absolute atomic E-state index is 0.119. The maximum Gasteiger partial charge on any atom is 0.252 e. The molecule has 0 saturated heterocycles. The Kier molecular flexibility index (Phi) is 6.29. The van der Waals surface area contributed by atoms with Crippen molar-refractivity contribution in [3.63, 3.8) is 0 Å². The van der Waals surface area contributed by atoms with Crippen LogP contribution in [0.4, 0.5) is 0 Å². The van der Waals surface area contributed by atoms with Crippen LogP contribution in [0.25, 0.3) is 11.6 Å². The third-order valence-corrected chi connectivity index (χ3v) is 4.39. The van der Waals surface area contributed by atoms with Crippen LogP contribution in [0, 0.1) is 0 Å². The molecule has 2 aromatic carbocycles. The van der Waals surface area contributed by atoms with Crippen molar-refractivity contribution in [3.05, 3.63) is 94.9 Å². The summed E-state index contributed by atoms with van der Waals surface area (Å²) in [6.07, 6.45) is 5.00. The zero-order valence-corrected chi connectivity index (χ0v) is 15.1. The van der Waals surface area contributed by atoms with Gasteiger partial charge in [0, 0.05) is 11.6 Å².